The van der Waals surface area contributed by atoms with Crippen LogP contribution in [0, 0.1) is 0 Å². The molecular weight excluding hydrogens is 120 g/mol. The summed E-state index contributed by atoms with van der Waals surface area (Å²) in [6.45, 7) is 3.02. The fourth-order valence-electron chi connectivity index (χ4n) is 0.480. The first-order chi connectivity index (χ1) is 4.34. The third-order valence-electron chi connectivity index (χ3n) is 1.04. The number of rotatable bonds is 3. The molecule has 1 rings (SSSR count). The van der Waals surface area contributed by atoms with E-state index in [1.54, 1.807) is 0 Å². The quantitative estimate of drug-likeness (QED) is 0.408. The van der Waals surface area contributed by atoms with Gasteiger partial charge in [-0.3, -0.25) is 0 Å². The minimum atomic E-state index is -0.239. The van der Waals surface area contributed by atoms with Gasteiger partial charge in [-0.25, -0.2) is 4.79 Å². The first-order valence-corrected chi connectivity index (χ1v) is 3.13. The molecular formula is C6H10O3. The van der Waals surface area contributed by atoms with E-state index in [0.717, 1.165) is 6.42 Å². The Hall–Kier alpha value is -0.570. The smallest absolute Gasteiger partial charge is 0.337 e. The molecule has 1 saturated heterocycles. The van der Waals surface area contributed by atoms with Crippen molar-refractivity contribution in [2.24, 2.45) is 0 Å². The number of epoxide rings is 1. The number of hydrogen-bond acceptors (Lipinski definition) is 3. The monoisotopic (exact) mass is 130 g/mol. The number of hydrogen-bond donors (Lipinski definition) is 0. The summed E-state index contributed by atoms with van der Waals surface area (Å²) in [4.78, 5) is 10.6. The maximum atomic E-state index is 10.6. The van der Waals surface area contributed by atoms with E-state index in [4.69, 9.17) is 9.47 Å². The second-order valence-electron chi connectivity index (χ2n) is 1.99. The molecule has 0 aliphatic carbocycles. The molecule has 52 valence electrons. The lowest BCUT2D eigenvalue weighted by atomic mass is 10.5. The first kappa shape index (κ1) is 6.55. The molecule has 3 nitrogen and oxygen atoms in total. The second-order valence-corrected chi connectivity index (χ2v) is 1.99. The van der Waals surface area contributed by atoms with E-state index in [2.05, 4.69) is 0 Å². The van der Waals surface area contributed by atoms with Crippen molar-refractivity contribution in [3.05, 3.63) is 0 Å². The highest BCUT2D eigenvalue weighted by Crippen LogP contribution is 2.10. The molecule has 0 radical (unpaired) electrons. The Balaban J connectivity index is 2.03. The summed E-state index contributed by atoms with van der Waals surface area (Å²) < 4.78 is 9.44. The minimum Gasteiger partial charge on any atom is -0.464 e. The Morgan fingerprint density at radius 2 is 2.56 bits per heavy atom. The molecule has 0 saturated carbocycles. The highest BCUT2D eigenvalue weighted by molar-refractivity contribution is 5.76. The zero-order valence-corrected chi connectivity index (χ0v) is 5.42. The normalized spacial score (nSPS) is 23.4. The van der Waals surface area contributed by atoms with Crippen molar-refractivity contribution in [1.82, 2.24) is 0 Å². The standard InChI is InChI=1S/C6H10O3/c1-2-3-8-6(7)5-4-9-5/h5H,2-4H2,1H3. The van der Waals surface area contributed by atoms with Crippen molar-refractivity contribution in [2.45, 2.75) is 19.4 Å². The lowest BCUT2D eigenvalue weighted by molar-refractivity contribution is -0.145. The Morgan fingerprint density at radius 3 is 3.00 bits per heavy atom. The third kappa shape index (κ3) is 2.01. The van der Waals surface area contributed by atoms with E-state index >= 15 is 0 Å². The van der Waals surface area contributed by atoms with Crippen LogP contribution in [0.1, 0.15) is 13.3 Å². The molecule has 1 atom stereocenters. The van der Waals surface area contributed by atoms with Crippen LogP contribution in [0.3, 0.4) is 0 Å². The lowest BCUT2D eigenvalue weighted by Crippen LogP contribution is -2.11. The van der Waals surface area contributed by atoms with Gasteiger partial charge in [0.2, 0.25) is 0 Å². The van der Waals surface area contributed by atoms with E-state index < -0.39 is 0 Å². The largest absolute Gasteiger partial charge is 0.464 e. The zero-order valence-electron chi connectivity index (χ0n) is 5.42. The second kappa shape index (κ2) is 2.82. The summed E-state index contributed by atoms with van der Waals surface area (Å²) in [7, 11) is 0. The Kier molecular flexibility index (Phi) is 2.05. The highest BCUT2D eigenvalue weighted by Gasteiger charge is 2.32. The molecule has 1 aliphatic heterocycles. The van der Waals surface area contributed by atoms with E-state index in [1.807, 2.05) is 6.92 Å². The van der Waals surface area contributed by atoms with Crippen molar-refractivity contribution >= 4 is 5.97 Å². The molecule has 0 N–H and O–H groups in total. The first-order valence-electron chi connectivity index (χ1n) is 3.13. The van der Waals surface area contributed by atoms with Crippen LogP contribution in [0.25, 0.3) is 0 Å². The molecule has 1 heterocycles. The Morgan fingerprint density at radius 1 is 1.89 bits per heavy atom. The van der Waals surface area contributed by atoms with Gasteiger partial charge in [-0.2, -0.15) is 0 Å². The average Bonchev–Trinajstić information content (AvgIpc) is 2.63. The minimum absolute atomic E-state index is 0.211. The van der Waals surface area contributed by atoms with Crippen LogP contribution < -0.4 is 0 Å². The van der Waals surface area contributed by atoms with E-state index in [0.29, 0.717) is 13.2 Å². The number of esters is 1. The van der Waals surface area contributed by atoms with E-state index in [-0.39, 0.29) is 12.1 Å². The van der Waals surface area contributed by atoms with Crippen LogP contribution in [-0.2, 0) is 14.3 Å². The Labute approximate surface area is 53.9 Å². The fourth-order valence-corrected chi connectivity index (χ4v) is 0.480. The summed E-state index contributed by atoms with van der Waals surface area (Å²) >= 11 is 0. The van der Waals surface area contributed by atoms with E-state index in [9.17, 15) is 4.79 Å². The summed E-state index contributed by atoms with van der Waals surface area (Å²) in [6, 6.07) is 0. The average molecular weight is 130 g/mol. The topological polar surface area (TPSA) is 38.8 Å². The molecule has 1 fully saturated rings. The van der Waals surface area contributed by atoms with Crippen molar-refractivity contribution in [3.8, 4) is 0 Å². The SMILES string of the molecule is CCCOC(=O)C1CO1. The number of carbonyl (C=O) groups is 1. The van der Waals surface area contributed by atoms with Crippen LogP contribution >= 0.6 is 0 Å². The van der Waals surface area contributed by atoms with Gasteiger partial charge in [0.25, 0.3) is 0 Å². The predicted molar refractivity (Wildman–Crippen MR) is 31.0 cm³/mol. The highest BCUT2D eigenvalue weighted by atomic mass is 16.6. The molecule has 9 heavy (non-hydrogen) atoms. The number of carbonyl (C=O) groups excluding carboxylic acids is 1. The van der Waals surface area contributed by atoms with Gasteiger partial charge in [0.1, 0.15) is 0 Å². The van der Waals surface area contributed by atoms with Crippen LogP contribution in [0.5, 0.6) is 0 Å². The summed E-state index contributed by atoms with van der Waals surface area (Å²) in [5, 5.41) is 0. The molecule has 0 amide bonds. The maximum Gasteiger partial charge on any atom is 0.337 e. The molecule has 0 aromatic rings. The van der Waals surface area contributed by atoms with Crippen molar-refractivity contribution < 1.29 is 14.3 Å². The van der Waals surface area contributed by atoms with Gasteiger partial charge in [-0.15, -0.1) is 0 Å². The number of ether oxygens (including phenoxy) is 2. The van der Waals surface area contributed by atoms with Crippen molar-refractivity contribution in [2.75, 3.05) is 13.2 Å². The van der Waals surface area contributed by atoms with Gasteiger partial charge in [0, 0.05) is 0 Å². The molecule has 0 spiro atoms. The van der Waals surface area contributed by atoms with Crippen LogP contribution in [-0.4, -0.2) is 25.3 Å². The van der Waals surface area contributed by atoms with Gasteiger partial charge in [-0.05, 0) is 6.42 Å². The molecule has 3 heteroatoms. The van der Waals surface area contributed by atoms with Crippen molar-refractivity contribution in [3.63, 3.8) is 0 Å². The van der Waals surface area contributed by atoms with Crippen molar-refractivity contribution in [1.29, 1.82) is 0 Å². The molecule has 1 aliphatic rings. The summed E-state index contributed by atoms with van der Waals surface area (Å²) in [6.07, 6.45) is 0.634. The summed E-state index contributed by atoms with van der Waals surface area (Å²) in [5.74, 6) is -0.211. The van der Waals surface area contributed by atoms with Crippen LogP contribution in [0.15, 0.2) is 0 Å². The van der Waals surface area contributed by atoms with Gasteiger partial charge in [0.15, 0.2) is 6.10 Å². The maximum absolute atomic E-state index is 10.6. The molecule has 1 unspecified atom stereocenters. The van der Waals surface area contributed by atoms with Crippen LogP contribution in [0.4, 0.5) is 0 Å². The van der Waals surface area contributed by atoms with Gasteiger partial charge in [-0.1, -0.05) is 6.92 Å². The summed E-state index contributed by atoms with van der Waals surface area (Å²) in [5.41, 5.74) is 0. The molecule has 0 aromatic heterocycles. The molecule has 0 aromatic carbocycles. The van der Waals surface area contributed by atoms with E-state index in [1.165, 1.54) is 0 Å². The zero-order chi connectivity index (χ0) is 6.69. The predicted octanol–water partition coefficient (Wildman–Crippen LogP) is 0.338. The fraction of sp³-hybridized carbons (Fsp3) is 0.833. The lowest BCUT2D eigenvalue weighted by Gasteiger charge is -1.97. The van der Waals surface area contributed by atoms with Gasteiger partial charge >= 0.3 is 5.97 Å². The Bertz CT molecular complexity index is 107. The van der Waals surface area contributed by atoms with Gasteiger partial charge < -0.3 is 9.47 Å². The van der Waals surface area contributed by atoms with Crippen LogP contribution in [0.2, 0.25) is 0 Å². The van der Waals surface area contributed by atoms with Gasteiger partial charge in [0.05, 0.1) is 13.2 Å². The third-order valence-corrected chi connectivity index (χ3v) is 1.04. The molecule has 0 bridgehead atoms.